The highest BCUT2D eigenvalue weighted by molar-refractivity contribution is 7.39. The summed E-state index contributed by atoms with van der Waals surface area (Å²) in [6, 6.07) is 17.5. The Balaban J connectivity index is 0.000000597. The summed E-state index contributed by atoms with van der Waals surface area (Å²) in [5, 5.41) is 40.6. The first-order valence-corrected chi connectivity index (χ1v) is 9.37. The molecule has 144 valence electrons. The van der Waals surface area contributed by atoms with E-state index in [1.165, 1.54) is 0 Å². The van der Waals surface area contributed by atoms with Crippen LogP contribution in [0.15, 0.2) is 60.7 Å². The van der Waals surface area contributed by atoms with Crippen LogP contribution in [0.1, 0.15) is 11.1 Å². The molecule has 0 aliphatic heterocycles. The van der Waals surface area contributed by atoms with Crippen LogP contribution >= 0.6 is 18.1 Å². The Morgan fingerprint density at radius 3 is 1.27 bits per heavy atom. The van der Waals surface area contributed by atoms with Gasteiger partial charge in [-0.05, 0) is 11.1 Å². The molecule has 26 heavy (non-hydrogen) atoms. The zero-order chi connectivity index (χ0) is 19.5. The second-order valence-corrected chi connectivity index (χ2v) is 6.66. The van der Waals surface area contributed by atoms with Crippen LogP contribution < -0.4 is 0 Å². The average molecular weight is 402 g/mol. The van der Waals surface area contributed by atoms with Crippen LogP contribution in [0.25, 0.3) is 0 Å². The van der Waals surface area contributed by atoms with Crippen molar-refractivity contribution in [1.82, 2.24) is 0 Å². The SMILES string of the molecule is OCC(CO)(CO)C(O)(c1ccccc1)c1ccccc1.OPOPO. The van der Waals surface area contributed by atoms with Crippen molar-refractivity contribution < 1.29 is 34.5 Å². The molecular formula is C17H24O7P2. The number of benzene rings is 2. The van der Waals surface area contributed by atoms with Crippen molar-refractivity contribution in [2.24, 2.45) is 5.41 Å². The van der Waals surface area contributed by atoms with Gasteiger partial charge in [-0.15, -0.1) is 0 Å². The molecule has 7 nitrogen and oxygen atoms in total. The summed E-state index contributed by atoms with van der Waals surface area (Å²) in [4.78, 5) is 15.4. The molecule has 0 aliphatic rings. The monoisotopic (exact) mass is 402 g/mol. The second-order valence-electron chi connectivity index (χ2n) is 5.48. The first-order chi connectivity index (χ1) is 12.6. The van der Waals surface area contributed by atoms with Gasteiger partial charge in [0.2, 0.25) is 0 Å². The van der Waals surface area contributed by atoms with Gasteiger partial charge < -0.3 is 30.2 Å². The first kappa shape index (κ1) is 23.1. The van der Waals surface area contributed by atoms with E-state index in [1.54, 1.807) is 48.5 Å². The predicted octanol–water partition coefficient (Wildman–Crippen LogP) is 0.890. The molecule has 2 rings (SSSR count). The maximum Gasteiger partial charge on any atom is 0.158 e. The fourth-order valence-electron chi connectivity index (χ4n) is 2.65. The lowest BCUT2D eigenvalue weighted by atomic mass is 9.66. The Hall–Kier alpha value is -0.980. The van der Waals surface area contributed by atoms with Crippen LogP contribution in [0, 0.1) is 5.41 Å². The van der Waals surface area contributed by atoms with Crippen LogP contribution in [0.5, 0.6) is 0 Å². The van der Waals surface area contributed by atoms with E-state index in [0.717, 1.165) is 0 Å². The largest absolute Gasteiger partial charge is 0.395 e. The van der Waals surface area contributed by atoms with E-state index >= 15 is 0 Å². The maximum atomic E-state index is 11.4. The highest BCUT2D eigenvalue weighted by Crippen LogP contribution is 2.44. The number of hydrogen-bond donors (Lipinski definition) is 6. The van der Waals surface area contributed by atoms with Crippen LogP contribution in [-0.4, -0.2) is 50.0 Å². The van der Waals surface area contributed by atoms with Crippen LogP contribution in [0.4, 0.5) is 0 Å². The Labute approximate surface area is 155 Å². The molecule has 0 amide bonds. The van der Waals surface area contributed by atoms with Crippen molar-refractivity contribution in [3.05, 3.63) is 71.8 Å². The summed E-state index contributed by atoms with van der Waals surface area (Å²) in [5.41, 5.74) is -2.18. The van der Waals surface area contributed by atoms with Gasteiger partial charge in [0, 0.05) is 0 Å². The molecule has 6 N–H and O–H groups in total. The zero-order valence-electron chi connectivity index (χ0n) is 14.0. The third-order valence-corrected chi connectivity index (χ3v) is 4.88. The maximum absolute atomic E-state index is 11.4. The van der Waals surface area contributed by atoms with Gasteiger partial charge >= 0.3 is 0 Å². The summed E-state index contributed by atoms with van der Waals surface area (Å²) < 4.78 is 4.00. The summed E-state index contributed by atoms with van der Waals surface area (Å²) in [6.07, 6.45) is 0. The van der Waals surface area contributed by atoms with E-state index in [0.29, 0.717) is 11.1 Å². The van der Waals surface area contributed by atoms with E-state index in [9.17, 15) is 20.4 Å². The summed E-state index contributed by atoms with van der Waals surface area (Å²) in [7, 11) is -1.16. The van der Waals surface area contributed by atoms with Gasteiger partial charge in [0.15, 0.2) is 18.1 Å². The van der Waals surface area contributed by atoms with Crippen LogP contribution in [0.3, 0.4) is 0 Å². The van der Waals surface area contributed by atoms with Crippen molar-refractivity contribution in [2.75, 3.05) is 19.8 Å². The highest BCUT2D eigenvalue weighted by Gasteiger charge is 2.52. The molecule has 0 heterocycles. The quantitative estimate of drug-likeness (QED) is 0.362. The molecule has 0 saturated carbocycles. The summed E-state index contributed by atoms with van der Waals surface area (Å²) in [6.45, 7) is -1.67. The molecular weight excluding hydrogens is 378 g/mol. The fourth-order valence-corrected chi connectivity index (χ4v) is 2.81. The molecule has 2 aromatic rings. The fraction of sp³-hybridized carbons (Fsp3) is 0.294. The Morgan fingerprint density at radius 1 is 0.692 bits per heavy atom. The van der Waals surface area contributed by atoms with Crippen molar-refractivity contribution in [2.45, 2.75) is 5.60 Å². The van der Waals surface area contributed by atoms with E-state index in [-0.39, 0.29) is 0 Å². The number of hydrogen-bond acceptors (Lipinski definition) is 7. The highest BCUT2D eigenvalue weighted by atomic mass is 31.2. The van der Waals surface area contributed by atoms with Gasteiger partial charge in [0.1, 0.15) is 5.60 Å². The standard InChI is InChI=1S/C17H20O4.H4O3P2/c18-11-16(12-19,13-20)17(21,14-7-3-1-4-8-14)15-9-5-2-6-10-15;1-4-3-5-2/h1-10,18-21H,11-13H2;1-2,4-5H. The summed E-state index contributed by atoms with van der Waals surface area (Å²) in [5.74, 6) is 0. The molecule has 0 aliphatic carbocycles. The first-order valence-electron chi connectivity index (χ1n) is 7.66. The van der Waals surface area contributed by atoms with Gasteiger partial charge in [0.05, 0.1) is 25.2 Å². The van der Waals surface area contributed by atoms with Crippen LogP contribution in [0.2, 0.25) is 0 Å². The topological polar surface area (TPSA) is 131 Å². The zero-order valence-corrected chi connectivity index (χ0v) is 16.0. The van der Waals surface area contributed by atoms with Gasteiger partial charge in [-0.3, -0.25) is 4.31 Å². The lowest BCUT2D eigenvalue weighted by Crippen LogP contribution is -2.54. The molecule has 2 unspecified atom stereocenters. The third kappa shape index (κ3) is 5.05. The third-order valence-electron chi connectivity index (χ3n) is 4.15. The second kappa shape index (κ2) is 11.7. The number of aliphatic hydroxyl groups is 4. The van der Waals surface area contributed by atoms with Gasteiger partial charge in [-0.1, -0.05) is 60.7 Å². The Bertz CT molecular complexity index is 559. The number of aliphatic hydroxyl groups excluding tert-OH is 3. The summed E-state index contributed by atoms with van der Waals surface area (Å²) >= 11 is 0. The number of rotatable bonds is 8. The van der Waals surface area contributed by atoms with E-state index < -0.39 is 48.9 Å². The minimum Gasteiger partial charge on any atom is -0.395 e. The molecule has 0 saturated heterocycles. The Kier molecular flexibility index (Phi) is 10.4. The van der Waals surface area contributed by atoms with E-state index in [1.807, 2.05) is 12.1 Å². The van der Waals surface area contributed by atoms with Gasteiger partial charge in [-0.2, -0.15) is 0 Å². The average Bonchev–Trinajstić information content (AvgIpc) is 2.72. The van der Waals surface area contributed by atoms with Crippen molar-refractivity contribution in [1.29, 1.82) is 0 Å². The lowest BCUT2D eigenvalue weighted by Gasteiger charge is -2.45. The molecule has 2 aromatic carbocycles. The smallest absolute Gasteiger partial charge is 0.158 e. The molecule has 9 heteroatoms. The predicted molar refractivity (Wildman–Crippen MR) is 102 cm³/mol. The molecule has 0 bridgehead atoms. The van der Waals surface area contributed by atoms with Gasteiger partial charge in [0.25, 0.3) is 0 Å². The lowest BCUT2D eigenvalue weighted by molar-refractivity contribution is -0.136. The molecule has 0 aromatic heterocycles. The normalized spacial score (nSPS) is 12.5. The van der Waals surface area contributed by atoms with Crippen LogP contribution in [-0.2, 0) is 9.91 Å². The van der Waals surface area contributed by atoms with Crippen molar-refractivity contribution in [3.8, 4) is 0 Å². The van der Waals surface area contributed by atoms with Crippen molar-refractivity contribution >= 4 is 18.1 Å². The molecule has 0 fully saturated rings. The van der Waals surface area contributed by atoms with Crippen molar-refractivity contribution in [3.63, 3.8) is 0 Å². The molecule has 0 radical (unpaired) electrons. The molecule has 2 atom stereocenters. The minimum atomic E-state index is -1.70. The molecule has 0 spiro atoms. The van der Waals surface area contributed by atoms with E-state index in [4.69, 9.17) is 9.79 Å². The van der Waals surface area contributed by atoms with Gasteiger partial charge in [-0.25, -0.2) is 0 Å². The Morgan fingerprint density at radius 2 is 1.04 bits per heavy atom. The van der Waals surface area contributed by atoms with E-state index in [2.05, 4.69) is 4.31 Å². The minimum absolute atomic E-state index is 0.508.